The number of carbonyl (C=O) groups excluding carboxylic acids is 1. The average Bonchev–Trinajstić information content (AvgIpc) is 2.80. The van der Waals surface area contributed by atoms with Gasteiger partial charge in [-0.25, -0.2) is 18.7 Å². The van der Waals surface area contributed by atoms with Crippen molar-refractivity contribution in [3.63, 3.8) is 0 Å². The summed E-state index contributed by atoms with van der Waals surface area (Å²) < 4.78 is 67.1. The Morgan fingerprint density at radius 2 is 1.95 bits per heavy atom. The van der Waals surface area contributed by atoms with E-state index in [-0.39, 0.29) is 29.4 Å². The fraction of sp³-hybridized carbons (Fsp3) is 0.500. The van der Waals surface area contributed by atoms with Gasteiger partial charge >= 0.3 is 6.18 Å². The van der Waals surface area contributed by atoms with Crippen molar-refractivity contribution >= 4 is 35.4 Å². The molecule has 1 fully saturated rings. The molecule has 2 unspecified atom stereocenters. The summed E-state index contributed by atoms with van der Waals surface area (Å²) in [4.78, 5) is 24.9. The molecule has 0 radical (unpaired) electrons. The normalized spacial score (nSPS) is 20.5. The highest BCUT2D eigenvalue weighted by atomic mass is 32.2. The van der Waals surface area contributed by atoms with Gasteiger partial charge < -0.3 is 21.1 Å². The fourth-order valence-corrected chi connectivity index (χ4v) is 4.40. The number of hydrazine groups is 1. The van der Waals surface area contributed by atoms with Gasteiger partial charge in [-0.2, -0.15) is 18.0 Å². The van der Waals surface area contributed by atoms with Gasteiger partial charge in [0.15, 0.2) is 5.82 Å². The molecule has 37 heavy (non-hydrogen) atoms. The van der Waals surface area contributed by atoms with E-state index in [2.05, 4.69) is 25.5 Å². The Labute approximate surface area is 215 Å². The minimum Gasteiger partial charge on any atom is -0.388 e. The van der Waals surface area contributed by atoms with Crippen molar-refractivity contribution < 1.29 is 26.7 Å². The molecule has 2 heterocycles. The molecule has 2 atom stereocenters. The zero-order valence-corrected chi connectivity index (χ0v) is 21.2. The van der Waals surface area contributed by atoms with Gasteiger partial charge in [0.05, 0.1) is 17.7 Å². The highest BCUT2D eigenvalue weighted by Crippen LogP contribution is 2.36. The van der Waals surface area contributed by atoms with Crippen molar-refractivity contribution in [1.82, 2.24) is 30.4 Å². The quantitative estimate of drug-likeness (QED) is 0.0940. The van der Waals surface area contributed by atoms with Crippen LogP contribution in [0.25, 0.3) is 5.57 Å². The maximum absolute atomic E-state index is 14.5. The molecule has 1 aliphatic heterocycles. The van der Waals surface area contributed by atoms with Crippen LogP contribution in [0.1, 0.15) is 33.0 Å². The molecule has 0 aliphatic carbocycles. The first kappa shape index (κ1) is 30.2. The number of halogens is 5. The number of nitrogens with zero attached hydrogens (tertiary/aromatic N) is 3. The van der Waals surface area contributed by atoms with Crippen molar-refractivity contribution in [3.8, 4) is 0 Å². The monoisotopic (exact) mass is 548 g/mol. The molecular formula is C22H29F5N8OS. The molecule has 1 aromatic rings. The van der Waals surface area contributed by atoms with Gasteiger partial charge in [0.2, 0.25) is 0 Å². The molecule has 1 saturated heterocycles. The van der Waals surface area contributed by atoms with Crippen molar-refractivity contribution in [3.05, 3.63) is 42.3 Å². The number of alkyl halides is 5. The highest BCUT2D eigenvalue weighted by Gasteiger charge is 2.47. The molecule has 0 aromatic carbocycles. The van der Waals surface area contributed by atoms with Crippen molar-refractivity contribution in [2.45, 2.75) is 51.4 Å². The van der Waals surface area contributed by atoms with Gasteiger partial charge in [0.1, 0.15) is 5.71 Å². The number of aromatic nitrogens is 2. The molecular weight excluding hydrogens is 519 g/mol. The lowest BCUT2D eigenvalue weighted by Crippen LogP contribution is -2.58. The molecule has 9 nitrogen and oxygen atoms in total. The van der Waals surface area contributed by atoms with E-state index in [1.54, 1.807) is 13.0 Å². The van der Waals surface area contributed by atoms with Gasteiger partial charge in [0, 0.05) is 55.3 Å². The van der Waals surface area contributed by atoms with Crippen LogP contribution in [0.5, 0.6) is 0 Å². The Morgan fingerprint density at radius 3 is 2.51 bits per heavy atom. The fourth-order valence-electron chi connectivity index (χ4n) is 3.50. The number of piperidine rings is 1. The number of nitrogens with one attached hydrogen (secondary N) is 5. The first-order valence-electron chi connectivity index (χ1n) is 11.2. The second-order valence-electron chi connectivity index (χ2n) is 8.66. The predicted octanol–water partition coefficient (Wildman–Crippen LogP) is 3.55. The lowest BCUT2D eigenvalue weighted by molar-refractivity contribution is -0.144. The minimum atomic E-state index is -4.72. The van der Waals surface area contributed by atoms with E-state index >= 15 is 0 Å². The second kappa shape index (κ2) is 12.9. The maximum atomic E-state index is 14.5. The zero-order chi connectivity index (χ0) is 27.8. The Hall–Kier alpha value is -3.07. The van der Waals surface area contributed by atoms with E-state index in [1.807, 2.05) is 13.8 Å². The summed E-state index contributed by atoms with van der Waals surface area (Å²) in [5.74, 6) is -4.70. The third-order valence-corrected chi connectivity index (χ3v) is 6.06. The smallest absolute Gasteiger partial charge is 0.388 e. The molecule has 1 aromatic heterocycles. The second-order valence-corrected chi connectivity index (χ2v) is 9.49. The molecule has 1 amide bonds. The van der Waals surface area contributed by atoms with E-state index in [1.165, 1.54) is 18.6 Å². The third kappa shape index (κ3) is 8.77. The van der Waals surface area contributed by atoms with Crippen LogP contribution in [-0.2, 0) is 4.79 Å². The van der Waals surface area contributed by atoms with E-state index in [0.717, 1.165) is 16.8 Å². The summed E-state index contributed by atoms with van der Waals surface area (Å²) in [7, 11) is 0. The summed E-state index contributed by atoms with van der Waals surface area (Å²) in [5.41, 5.74) is 0.428. The highest BCUT2D eigenvalue weighted by molar-refractivity contribution is 7.97. The average molecular weight is 549 g/mol. The van der Waals surface area contributed by atoms with Crippen LogP contribution in [0.2, 0.25) is 0 Å². The van der Waals surface area contributed by atoms with Crippen LogP contribution in [-0.4, -0.2) is 69.2 Å². The molecule has 0 spiro atoms. The molecule has 204 valence electrons. The number of rotatable bonds is 11. The SMILES string of the molecule is CC(C)N/C=C(\C(=N)C(=O)N1CC(F)(F)CC(C)C1CSNN/C=C(\C=N)C(F)(F)F)c1ncccn1. The number of likely N-dealkylation sites (tertiary alicyclic amines) is 1. The van der Waals surface area contributed by atoms with Crippen LogP contribution in [0.15, 0.2) is 36.4 Å². The Kier molecular flexibility index (Phi) is 10.5. The molecule has 5 N–H and O–H groups in total. The molecule has 1 aliphatic rings. The molecule has 2 rings (SSSR count). The van der Waals surface area contributed by atoms with E-state index in [9.17, 15) is 26.7 Å². The number of amides is 1. The van der Waals surface area contributed by atoms with Crippen LogP contribution in [0, 0.1) is 16.7 Å². The Balaban J connectivity index is 2.22. The first-order chi connectivity index (χ1) is 17.3. The van der Waals surface area contributed by atoms with E-state index in [4.69, 9.17) is 10.8 Å². The summed E-state index contributed by atoms with van der Waals surface area (Å²) in [6.07, 6.45) is -0.261. The maximum Gasteiger partial charge on any atom is 0.419 e. The van der Waals surface area contributed by atoms with Crippen molar-refractivity contribution in [1.29, 1.82) is 10.8 Å². The number of hydrogen-bond acceptors (Lipinski definition) is 9. The van der Waals surface area contributed by atoms with Gasteiger partial charge in [-0.05, 0) is 25.8 Å². The molecule has 0 saturated carbocycles. The van der Waals surface area contributed by atoms with Gasteiger partial charge in [-0.1, -0.05) is 18.9 Å². The predicted molar refractivity (Wildman–Crippen MR) is 132 cm³/mol. The number of carbonyl (C=O) groups is 1. The van der Waals surface area contributed by atoms with Gasteiger partial charge in [-0.3, -0.25) is 10.2 Å². The largest absolute Gasteiger partial charge is 0.419 e. The number of allylic oxidation sites excluding steroid dienone is 1. The molecule has 15 heteroatoms. The van der Waals surface area contributed by atoms with Crippen molar-refractivity contribution in [2.24, 2.45) is 5.92 Å². The molecule has 0 bridgehead atoms. The Morgan fingerprint density at radius 1 is 1.30 bits per heavy atom. The van der Waals surface area contributed by atoms with Crippen LogP contribution in [0.4, 0.5) is 22.0 Å². The lowest BCUT2D eigenvalue weighted by Gasteiger charge is -2.43. The summed E-state index contributed by atoms with van der Waals surface area (Å²) in [5, 5.41) is 18.3. The van der Waals surface area contributed by atoms with Crippen LogP contribution >= 0.6 is 11.9 Å². The van der Waals surface area contributed by atoms with Gasteiger partial charge in [-0.15, -0.1) is 0 Å². The summed E-state index contributed by atoms with van der Waals surface area (Å²) in [6, 6.07) is 0.748. The summed E-state index contributed by atoms with van der Waals surface area (Å²) >= 11 is 0.870. The topological polar surface area (TPSA) is 130 Å². The van der Waals surface area contributed by atoms with E-state index < -0.39 is 54.2 Å². The third-order valence-electron chi connectivity index (χ3n) is 5.29. The van der Waals surface area contributed by atoms with Crippen LogP contribution in [0.3, 0.4) is 0 Å². The zero-order valence-electron chi connectivity index (χ0n) is 20.4. The van der Waals surface area contributed by atoms with Gasteiger partial charge in [0.25, 0.3) is 11.8 Å². The first-order valence-corrected chi connectivity index (χ1v) is 12.2. The summed E-state index contributed by atoms with van der Waals surface area (Å²) in [6.45, 7) is 4.30. The minimum absolute atomic E-state index is 0.0310. The standard InChI is InChI=1S/C22H29F5N8OS/c1-13(2)32-10-16(19-30-5-4-6-31-19)18(29)20(36)35-12-21(23,24)7-14(3)17(35)11-37-34-33-9-15(8-28)22(25,26)27/h4-6,8-10,13-14,17,28-29,32-34H,7,11-12H2,1-3H3/b15-9+,16-10+,28-8?,29-18?. The van der Waals surface area contributed by atoms with E-state index in [0.29, 0.717) is 6.20 Å². The Bertz CT molecular complexity index is 1020. The van der Waals surface area contributed by atoms with Crippen molar-refractivity contribution in [2.75, 3.05) is 12.3 Å². The lowest BCUT2D eigenvalue weighted by atomic mass is 9.89. The number of hydrogen-bond donors (Lipinski definition) is 5. The van der Waals surface area contributed by atoms with Crippen LogP contribution < -0.4 is 15.6 Å².